The zero-order valence-electron chi connectivity index (χ0n) is 21.5. The lowest BCUT2D eigenvalue weighted by molar-refractivity contribution is -0.116. The molecule has 1 aliphatic heterocycles. The molecule has 0 bridgehead atoms. The lowest BCUT2D eigenvalue weighted by Gasteiger charge is -2.28. The number of benzene rings is 1. The first-order valence-corrected chi connectivity index (χ1v) is 12.9. The molecule has 0 spiro atoms. The van der Waals surface area contributed by atoms with Crippen LogP contribution in [0.1, 0.15) is 46.7 Å². The first kappa shape index (κ1) is 25.5. The number of pyridine rings is 2. The van der Waals surface area contributed by atoms with Gasteiger partial charge in [0.25, 0.3) is 0 Å². The van der Waals surface area contributed by atoms with E-state index in [-0.39, 0.29) is 30.2 Å². The van der Waals surface area contributed by atoms with Crippen LogP contribution in [0.25, 0.3) is 5.82 Å². The van der Waals surface area contributed by atoms with Gasteiger partial charge >= 0.3 is 0 Å². The number of aromatic nitrogens is 3. The Morgan fingerprint density at radius 1 is 1.08 bits per heavy atom. The van der Waals surface area contributed by atoms with Gasteiger partial charge in [-0.1, -0.05) is 12.1 Å². The zero-order chi connectivity index (χ0) is 26.8. The average Bonchev–Trinajstić information content (AvgIpc) is 3.39. The molecule has 2 N–H and O–H groups in total. The van der Waals surface area contributed by atoms with E-state index in [2.05, 4.69) is 56.0 Å². The minimum absolute atomic E-state index is 0.172. The number of carbonyl (C=O) groups excluding carboxylic acids is 1. The van der Waals surface area contributed by atoms with Crippen LogP contribution in [0.2, 0.25) is 0 Å². The first-order chi connectivity index (χ1) is 18.3. The van der Waals surface area contributed by atoms with Crippen LogP contribution in [0.15, 0.2) is 73.1 Å². The van der Waals surface area contributed by atoms with Crippen molar-refractivity contribution in [3.63, 3.8) is 0 Å². The van der Waals surface area contributed by atoms with Gasteiger partial charge in [-0.3, -0.25) is 9.78 Å². The summed E-state index contributed by atoms with van der Waals surface area (Å²) in [5.74, 6) is 0.331. The third-order valence-electron chi connectivity index (χ3n) is 6.82. The molecule has 4 aromatic rings. The molecule has 1 saturated heterocycles. The Kier molecular flexibility index (Phi) is 7.20. The number of nitrogens with one attached hydrogen (secondary N) is 2. The summed E-state index contributed by atoms with van der Waals surface area (Å²) >= 11 is 5.78. The van der Waals surface area contributed by atoms with Crippen molar-refractivity contribution < 1.29 is 9.18 Å². The van der Waals surface area contributed by atoms with Gasteiger partial charge in [-0.15, -0.1) is 0 Å². The minimum atomic E-state index is -0.349. The van der Waals surface area contributed by atoms with Crippen molar-refractivity contribution in [1.82, 2.24) is 24.8 Å². The number of anilines is 1. The summed E-state index contributed by atoms with van der Waals surface area (Å²) in [5.41, 5.74) is 5.72. The number of carbonyl (C=O) groups is 1. The van der Waals surface area contributed by atoms with E-state index in [0.29, 0.717) is 17.3 Å². The van der Waals surface area contributed by atoms with E-state index >= 15 is 0 Å². The molecule has 7 nitrogen and oxygen atoms in total. The summed E-state index contributed by atoms with van der Waals surface area (Å²) in [7, 11) is 0. The lowest BCUT2D eigenvalue weighted by Crippen LogP contribution is -2.32. The summed E-state index contributed by atoms with van der Waals surface area (Å²) in [5, 5.41) is 6.85. The fourth-order valence-corrected chi connectivity index (χ4v) is 5.33. The molecule has 0 radical (unpaired) electrons. The van der Waals surface area contributed by atoms with E-state index in [4.69, 9.17) is 12.2 Å². The van der Waals surface area contributed by atoms with Crippen molar-refractivity contribution in [1.29, 1.82) is 0 Å². The maximum atomic E-state index is 13.2. The average molecular weight is 529 g/mol. The van der Waals surface area contributed by atoms with E-state index in [9.17, 15) is 9.18 Å². The molecule has 38 heavy (non-hydrogen) atoms. The number of halogens is 1. The van der Waals surface area contributed by atoms with E-state index in [1.54, 1.807) is 18.3 Å². The van der Waals surface area contributed by atoms with Crippen molar-refractivity contribution in [2.24, 2.45) is 0 Å². The molecular weight excluding hydrogens is 499 g/mol. The number of rotatable bonds is 7. The molecule has 2 unspecified atom stereocenters. The van der Waals surface area contributed by atoms with Crippen LogP contribution in [0.3, 0.4) is 0 Å². The highest BCUT2D eigenvalue weighted by atomic mass is 32.1. The predicted octanol–water partition coefficient (Wildman–Crippen LogP) is 5.33. The van der Waals surface area contributed by atoms with E-state index in [0.717, 1.165) is 34.0 Å². The summed E-state index contributed by atoms with van der Waals surface area (Å²) in [4.78, 5) is 24.1. The Morgan fingerprint density at radius 3 is 2.55 bits per heavy atom. The van der Waals surface area contributed by atoms with Gasteiger partial charge in [0.05, 0.1) is 17.8 Å². The molecule has 1 aliphatic rings. The molecule has 3 aromatic heterocycles. The van der Waals surface area contributed by atoms with Crippen LogP contribution in [0.4, 0.5) is 10.1 Å². The van der Waals surface area contributed by atoms with Crippen LogP contribution in [-0.2, 0) is 4.79 Å². The highest BCUT2D eigenvalue weighted by molar-refractivity contribution is 7.80. The molecule has 9 heteroatoms. The standard InChI is InChI=1S/C29H29FN6OS/c1-18-7-12-25(32-17-18)36-19(2)16-23(20(36)3)28-27(24-6-4-5-14-31-24)34-29(38)35(28)15-13-26(37)33-22-10-8-21(30)9-11-22/h4-12,14,16-17,27-28H,13,15H2,1-3H3,(H,33,37)(H,34,38). The molecular formula is C29H29FN6OS. The maximum Gasteiger partial charge on any atom is 0.226 e. The molecule has 4 heterocycles. The normalized spacial score (nSPS) is 16.9. The summed E-state index contributed by atoms with van der Waals surface area (Å²) in [6.07, 6.45) is 3.85. The molecule has 1 fully saturated rings. The van der Waals surface area contributed by atoms with Gasteiger partial charge in [0.2, 0.25) is 5.91 Å². The van der Waals surface area contributed by atoms with Gasteiger partial charge in [0, 0.05) is 42.4 Å². The third-order valence-corrected chi connectivity index (χ3v) is 7.17. The lowest BCUT2D eigenvalue weighted by atomic mass is 9.96. The van der Waals surface area contributed by atoms with Gasteiger partial charge < -0.3 is 20.1 Å². The quantitative estimate of drug-likeness (QED) is 0.316. The SMILES string of the molecule is Cc1ccc(-n2c(C)cc(C3C(c4ccccn4)NC(=S)N3CCC(=O)Nc3ccc(F)cc3)c2C)nc1. The topological polar surface area (TPSA) is 75.1 Å². The van der Waals surface area contributed by atoms with Crippen LogP contribution in [-0.4, -0.2) is 37.0 Å². The van der Waals surface area contributed by atoms with Crippen LogP contribution in [0.5, 0.6) is 0 Å². The summed E-state index contributed by atoms with van der Waals surface area (Å²) in [6.45, 7) is 6.57. The second-order valence-electron chi connectivity index (χ2n) is 9.48. The van der Waals surface area contributed by atoms with Crippen molar-refractivity contribution in [3.8, 4) is 5.82 Å². The van der Waals surface area contributed by atoms with Gasteiger partial charge in [-0.25, -0.2) is 9.37 Å². The van der Waals surface area contributed by atoms with Crippen molar-refractivity contribution in [2.45, 2.75) is 39.3 Å². The van der Waals surface area contributed by atoms with Gasteiger partial charge in [0.1, 0.15) is 11.6 Å². The molecule has 0 saturated carbocycles. The molecule has 194 valence electrons. The van der Waals surface area contributed by atoms with Crippen molar-refractivity contribution in [3.05, 3.63) is 107 Å². The van der Waals surface area contributed by atoms with Crippen LogP contribution < -0.4 is 10.6 Å². The zero-order valence-corrected chi connectivity index (χ0v) is 22.3. The Hall–Kier alpha value is -4.11. The van der Waals surface area contributed by atoms with Crippen molar-refractivity contribution in [2.75, 3.05) is 11.9 Å². The second kappa shape index (κ2) is 10.7. The molecule has 1 aromatic carbocycles. The highest BCUT2D eigenvalue weighted by Crippen LogP contribution is 2.41. The number of nitrogens with zero attached hydrogens (tertiary/aromatic N) is 4. The third kappa shape index (κ3) is 5.15. The summed E-state index contributed by atoms with van der Waals surface area (Å²) < 4.78 is 15.4. The van der Waals surface area contributed by atoms with Gasteiger partial charge in [-0.05, 0) is 92.6 Å². The predicted molar refractivity (Wildman–Crippen MR) is 150 cm³/mol. The fourth-order valence-electron chi connectivity index (χ4n) is 5.00. The number of hydrogen-bond acceptors (Lipinski definition) is 4. The smallest absolute Gasteiger partial charge is 0.226 e. The fraction of sp³-hybridized carbons (Fsp3) is 0.241. The Labute approximate surface area is 226 Å². The first-order valence-electron chi connectivity index (χ1n) is 12.5. The summed E-state index contributed by atoms with van der Waals surface area (Å²) in [6, 6.07) is 17.4. The largest absolute Gasteiger partial charge is 0.352 e. The van der Waals surface area contributed by atoms with Crippen LogP contribution >= 0.6 is 12.2 Å². The maximum absolute atomic E-state index is 13.2. The molecule has 2 atom stereocenters. The molecule has 5 rings (SSSR count). The molecule has 1 amide bonds. The number of thiocarbonyl (C=S) groups is 1. The van der Waals surface area contributed by atoms with Crippen LogP contribution in [0, 0.1) is 26.6 Å². The number of hydrogen-bond donors (Lipinski definition) is 2. The Bertz CT molecular complexity index is 1450. The number of aryl methyl sites for hydroxylation is 2. The molecule has 0 aliphatic carbocycles. The highest BCUT2D eigenvalue weighted by Gasteiger charge is 2.41. The Balaban J connectivity index is 1.46. The van der Waals surface area contributed by atoms with E-state index in [1.165, 1.54) is 12.1 Å². The Morgan fingerprint density at radius 2 is 1.87 bits per heavy atom. The van der Waals surface area contributed by atoms with Gasteiger partial charge in [-0.2, -0.15) is 0 Å². The monoisotopic (exact) mass is 528 g/mol. The van der Waals surface area contributed by atoms with Crippen molar-refractivity contribution >= 4 is 28.9 Å². The van der Waals surface area contributed by atoms with E-state index < -0.39 is 0 Å². The number of amides is 1. The van der Waals surface area contributed by atoms with Gasteiger partial charge in [0.15, 0.2) is 5.11 Å². The second-order valence-corrected chi connectivity index (χ2v) is 9.87. The van der Waals surface area contributed by atoms with E-state index in [1.807, 2.05) is 37.4 Å². The minimum Gasteiger partial charge on any atom is -0.352 e.